The molecule has 1 aliphatic carbocycles. The van der Waals surface area contributed by atoms with Crippen molar-refractivity contribution in [1.82, 2.24) is 0 Å². The lowest BCUT2D eigenvalue weighted by Gasteiger charge is -2.44. The molecule has 1 saturated carbocycles. The van der Waals surface area contributed by atoms with E-state index in [9.17, 15) is 8.78 Å². The van der Waals surface area contributed by atoms with Crippen LogP contribution in [0.25, 0.3) is 0 Å². The zero-order valence-electron chi connectivity index (χ0n) is 14.0. The van der Waals surface area contributed by atoms with Gasteiger partial charge in [0.25, 0.3) is 0 Å². The van der Waals surface area contributed by atoms with Gasteiger partial charge in [0, 0.05) is 29.3 Å². The summed E-state index contributed by atoms with van der Waals surface area (Å²) in [7, 11) is 0. The minimum atomic E-state index is -0.478. The molecule has 25 heavy (non-hydrogen) atoms. The molecule has 0 aromatic heterocycles. The van der Waals surface area contributed by atoms with E-state index in [0.717, 1.165) is 24.1 Å². The smallest absolute Gasteiger partial charge is 0.131 e. The van der Waals surface area contributed by atoms with Crippen LogP contribution < -0.4 is 5.32 Å². The number of ether oxygens (including phenoxy) is 1. The standard InChI is InChI=1S/C21H21F2NO/c22-16-7-2-8-17(23)18(16)20-15-6-3-11-25-21(15)14-5-1-4-13(12-9-10-12)19(14)24-20/h1-2,4-5,7-8,12,15,20-21,24H,3,6,9-11H2. The van der Waals surface area contributed by atoms with Crippen LogP contribution in [0.5, 0.6) is 0 Å². The molecule has 1 N–H and O–H groups in total. The van der Waals surface area contributed by atoms with E-state index in [-0.39, 0.29) is 23.6 Å². The van der Waals surface area contributed by atoms with Crippen molar-refractivity contribution in [3.63, 3.8) is 0 Å². The molecular formula is C21H21F2NO. The molecule has 2 heterocycles. The molecule has 2 nitrogen and oxygen atoms in total. The number of halogens is 2. The third kappa shape index (κ3) is 2.46. The summed E-state index contributed by atoms with van der Waals surface area (Å²) >= 11 is 0. The Morgan fingerprint density at radius 2 is 1.64 bits per heavy atom. The van der Waals surface area contributed by atoms with Crippen molar-refractivity contribution in [2.24, 2.45) is 5.92 Å². The summed E-state index contributed by atoms with van der Waals surface area (Å²) in [6, 6.07) is 10.1. The fraction of sp³-hybridized carbons (Fsp3) is 0.429. The van der Waals surface area contributed by atoms with Gasteiger partial charge in [-0.15, -0.1) is 0 Å². The predicted molar refractivity (Wildman–Crippen MR) is 92.6 cm³/mol. The van der Waals surface area contributed by atoms with Crippen LogP contribution in [0.1, 0.15) is 60.4 Å². The molecule has 3 unspecified atom stereocenters. The van der Waals surface area contributed by atoms with E-state index in [1.807, 2.05) is 0 Å². The highest BCUT2D eigenvalue weighted by molar-refractivity contribution is 5.64. The first-order chi connectivity index (χ1) is 12.2. The second-order valence-electron chi connectivity index (χ2n) is 7.44. The molecule has 130 valence electrons. The highest BCUT2D eigenvalue weighted by atomic mass is 19.1. The van der Waals surface area contributed by atoms with E-state index in [0.29, 0.717) is 12.5 Å². The molecule has 1 saturated heterocycles. The number of para-hydroxylation sites is 1. The monoisotopic (exact) mass is 341 g/mol. The van der Waals surface area contributed by atoms with Crippen LogP contribution in [0.3, 0.4) is 0 Å². The van der Waals surface area contributed by atoms with Crippen molar-refractivity contribution in [2.45, 2.75) is 43.7 Å². The van der Waals surface area contributed by atoms with Gasteiger partial charge in [-0.2, -0.15) is 0 Å². The van der Waals surface area contributed by atoms with Crippen LogP contribution in [0.4, 0.5) is 14.5 Å². The third-order valence-corrected chi connectivity index (χ3v) is 5.86. The number of hydrogen-bond donors (Lipinski definition) is 1. The average Bonchev–Trinajstić information content (AvgIpc) is 3.46. The van der Waals surface area contributed by atoms with Crippen molar-refractivity contribution >= 4 is 5.69 Å². The Balaban J connectivity index is 1.66. The first-order valence-corrected chi connectivity index (χ1v) is 9.19. The SMILES string of the molecule is Fc1cccc(F)c1C1Nc2c(C3CC3)cccc2C2OCCCC12. The molecular weight excluding hydrogens is 320 g/mol. The van der Waals surface area contributed by atoms with E-state index in [1.54, 1.807) is 0 Å². The van der Waals surface area contributed by atoms with Crippen LogP contribution in [0.15, 0.2) is 36.4 Å². The van der Waals surface area contributed by atoms with Gasteiger partial charge in [0.15, 0.2) is 0 Å². The van der Waals surface area contributed by atoms with Crippen LogP contribution in [-0.4, -0.2) is 6.61 Å². The molecule has 2 fully saturated rings. The largest absolute Gasteiger partial charge is 0.377 e. The van der Waals surface area contributed by atoms with Crippen LogP contribution in [0.2, 0.25) is 0 Å². The van der Waals surface area contributed by atoms with Gasteiger partial charge in [0.2, 0.25) is 0 Å². The maximum Gasteiger partial charge on any atom is 0.131 e. The Bertz CT molecular complexity index is 797. The Kier molecular flexibility index (Phi) is 3.56. The number of fused-ring (bicyclic) bond motifs is 3. The molecule has 2 aliphatic heterocycles. The highest BCUT2D eigenvalue weighted by Gasteiger charge is 2.43. The van der Waals surface area contributed by atoms with E-state index in [4.69, 9.17) is 4.74 Å². The van der Waals surface area contributed by atoms with Gasteiger partial charge in [-0.25, -0.2) is 8.78 Å². The lowest BCUT2D eigenvalue weighted by atomic mass is 9.76. The molecule has 3 atom stereocenters. The van der Waals surface area contributed by atoms with Crippen molar-refractivity contribution in [3.05, 3.63) is 64.7 Å². The second-order valence-corrected chi connectivity index (χ2v) is 7.44. The quantitative estimate of drug-likeness (QED) is 0.781. The first kappa shape index (κ1) is 15.3. The van der Waals surface area contributed by atoms with Crippen molar-refractivity contribution in [3.8, 4) is 0 Å². The van der Waals surface area contributed by atoms with Crippen molar-refractivity contribution in [1.29, 1.82) is 0 Å². The molecule has 4 heteroatoms. The summed E-state index contributed by atoms with van der Waals surface area (Å²) < 4.78 is 35.2. The minimum Gasteiger partial charge on any atom is -0.377 e. The van der Waals surface area contributed by atoms with E-state index in [1.165, 1.54) is 36.6 Å². The lowest BCUT2D eigenvalue weighted by molar-refractivity contribution is -0.0388. The lowest BCUT2D eigenvalue weighted by Crippen LogP contribution is -2.37. The minimum absolute atomic E-state index is 0.0436. The van der Waals surface area contributed by atoms with Gasteiger partial charge < -0.3 is 10.1 Å². The summed E-state index contributed by atoms with van der Waals surface area (Å²) in [4.78, 5) is 0. The van der Waals surface area contributed by atoms with Crippen LogP contribution >= 0.6 is 0 Å². The number of rotatable bonds is 2. The van der Waals surface area contributed by atoms with E-state index in [2.05, 4.69) is 23.5 Å². The molecule has 0 radical (unpaired) electrons. The van der Waals surface area contributed by atoms with Gasteiger partial charge in [-0.1, -0.05) is 24.3 Å². The van der Waals surface area contributed by atoms with Gasteiger partial charge in [-0.05, 0) is 49.3 Å². The highest BCUT2D eigenvalue weighted by Crippen LogP contribution is 2.54. The fourth-order valence-corrected chi connectivity index (χ4v) is 4.55. The van der Waals surface area contributed by atoms with Crippen LogP contribution in [-0.2, 0) is 4.74 Å². The number of anilines is 1. The Morgan fingerprint density at radius 3 is 2.40 bits per heavy atom. The summed E-state index contributed by atoms with van der Waals surface area (Å²) in [5, 5.41) is 3.52. The topological polar surface area (TPSA) is 21.3 Å². The summed E-state index contributed by atoms with van der Waals surface area (Å²) in [6.07, 6.45) is 4.11. The molecule has 0 spiro atoms. The fourth-order valence-electron chi connectivity index (χ4n) is 4.55. The van der Waals surface area contributed by atoms with Gasteiger partial charge in [0.05, 0.1) is 12.1 Å². The summed E-state index contributed by atoms with van der Waals surface area (Å²) in [5.74, 6) is -0.348. The molecule has 0 bridgehead atoms. The summed E-state index contributed by atoms with van der Waals surface area (Å²) in [6.45, 7) is 0.709. The normalized spacial score (nSPS) is 28.0. The Labute approximate surface area is 146 Å². The van der Waals surface area contributed by atoms with Crippen molar-refractivity contribution in [2.75, 3.05) is 11.9 Å². The number of nitrogens with one attached hydrogen (secondary N) is 1. The van der Waals surface area contributed by atoms with Gasteiger partial charge in [0.1, 0.15) is 11.6 Å². The van der Waals surface area contributed by atoms with Gasteiger partial charge in [-0.3, -0.25) is 0 Å². The third-order valence-electron chi connectivity index (χ3n) is 5.86. The maximum atomic E-state index is 14.5. The second kappa shape index (κ2) is 5.80. The molecule has 2 aromatic rings. The number of benzene rings is 2. The van der Waals surface area contributed by atoms with Gasteiger partial charge >= 0.3 is 0 Å². The molecule has 2 aromatic carbocycles. The van der Waals surface area contributed by atoms with E-state index >= 15 is 0 Å². The first-order valence-electron chi connectivity index (χ1n) is 9.19. The molecule has 5 rings (SSSR count). The van der Waals surface area contributed by atoms with Crippen LogP contribution in [0, 0.1) is 17.6 Å². The van der Waals surface area contributed by atoms with Crippen molar-refractivity contribution < 1.29 is 13.5 Å². The summed E-state index contributed by atoms with van der Waals surface area (Å²) in [5.41, 5.74) is 3.62. The van der Waals surface area contributed by atoms with E-state index < -0.39 is 11.6 Å². The average molecular weight is 341 g/mol. The Hall–Kier alpha value is -1.94. The number of hydrogen-bond acceptors (Lipinski definition) is 2. The zero-order valence-corrected chi connectivity index (χ0v) is 14.0. The zero-order chi connectivity index (χ0) is 17.0. The predicted octanol–water partition coefficient (Wildman–Crippen LogP) is 5.48. The molecule has 0 amide bonds. The Morgan fingerprint density at radius 1 is 0.920 bits per heavy atom. The maximum absolute atomic E-state index is 14.5. The molecule has 3 aliphatic rings.